The molecule has 4 saturated carbocycles. The molecule has 4 aliphatic heterocycles. The van der Waals surface area contributed by atoms with Crippen LogP contribution in [0.3, 0.4) is 0 Å². The van der Waals surface area contributed by atoms with Gasteiger partial charge in [-0.3, -0.25) is 0 Å². The van der Waals surface area contributed by atoms with Crippen LogP contribution in [0.25, 0.3) is 0 Å². The largest absolute Gasteiger partial charge is 0.394 e. The van der Waals surface area contributed by atoms with Gasteiger partial charge in [0, 0.05) is 19.4 Å². The maximum Gasteiger partial charge on any atom is 0.187 e. The molecule has 0 aromatic heterocycles. The predicted octanol–water partition coefficient (Wildman–Crippen LogP) is -1.13. The Morgan fingerprint density at radius 3 is 1.85 bits per heavy atom. The molecular formula is C46H78O19. The summed E-state index contributed by atoms with van der Waals surface area (Å²) < 4.78 is 48.8. The van der Waals surface area contributed by atoms with E-state index in [1.807, 2.05) is 6.92 Å². The van der Waals surface area contributed by atoms with Crippen LogP contribution in [0.5, 0.6) is 0 Å². The number of fused-ring (bicyclic) bond motifs is 7. The first-order valence-corrected chi connectivity index (χ1v) is 24.2. The fraction of sp³-hybridized carbons (Fsp3) is 1.00. The second-order valence-corrected chi connectivity index (χ2v) is 21.6. The second kappa shape index (κ2) is 19.8. The molecule has 8 rings (SSSR count). The Bertz CT molecular complexity index is 1580. The molecule has 0 bridgehead atoms. The summed E-state index contributed by atoms with van der Waals surface area (Å²) in [6.45, 7) is 7.69. The lowest BCUT2D eigenvalue weighted by molar-refractivity contribution is -0.373. The summed E-state index contributed by atoms with van der Waals surface area (Å²) in [5.41, 5.74) is 0.150. The summed E-state index contributed by atoms with van der Waals surface area (Å²) in [5.74, 6) is 1.67. The zero-order chi connectivity index (χ0) is 46.9. The van der Waals surface area contributed by atoms with Crippen molar-refractivity contribution in [3.8, 4) is 0 Å². The number of hydrogen-bond acceptors (Lipinski definition) is 19. The van der Waals surface area contributed by atoms with E-state index >= 15 is 0 Å². The highest BCUT2D eigenvalue weighted by Crippen LogP contribution is 2.71. The molecule has 376 valence electrons. The van der Waals surface area contributed by atoms with Crippen molar-refractivity contribution in [3.05, 3.63) is 0 Å². The van der Waals surface area contributed by atoms with Gasteiger partial charge in [0.2, 0.25) is 0 Å². The molecule has 0 spiro atoms. The van der Waals surface area contributed by atoms with Gasteiger partial charge in [-0.1, -0.05) is 27.7 Å². The lowest BCUT2D eigenvalue weighted by Gasteiger charge is -2.61. The normalized spacial score (nSPS) is 54.9. The SMILES string of the molecule is CO[C@]1(CC[C@H](C)CO[C@@H]2O[C@H](CO)[C@@H](O)[C@H](O)[C@H]2O)O[C@H]2CC3C4CCC5CC(O[C@@H]6O[C@H](CO)[C@H](O)[C@H](O)[C@H]6O[C@@H]6O[C@H](CO)[C@@H](O)[C@H](O)[C@H]6O)CC[C@]5(C)C4CC[C@]3(C)[C@H]2[C@@H]1C. The van der Waals surface area contributed by atoms with Crippen LogP contribution in [0.1, 0.15) is 91.9 Å². The topological polar surface area (TPSA) is 296 Å². The van der Waals surface area contributed by atoms with Gasteiger partial charge in [-0.2, -0.15) is 0 Å². The number of rotatable bonds is 14. The number of methoxy groups -OCH3 is 1. The fourth-order valence-electron chi connectivity index (χ4n) is 14.5. The third-order valence-electron chi connectivity index (χ3n) is 18.3. The molecule has 4 aliphatic carbocycles. The van der Waals surface area contributed by atoms with Crippen LogP contribution in [-0.2, 0) is 37.9 Å². The molecule has 27 atom stereocenters. The van der Waals surface area contributed by atoms with Crippen molar-refractivity contribution in [2.24, 2.45) is 52.3 Å². The van der Waals surface area contributed by atoms with Crippen molar-refractivity contribution in [1.82, 2.24) is 0 Å². The Balaban J connectivity index is 0.880. The summed E-state index contributed by atoms with van der Waals surface area (Å²) in [6, 6.07) is 0. The van der Waals surface area contributed by atoms with Gasteiger partial charge in [0.05, 0.1) is 38.6 Å². The molecule has 0 aromatic carbocycles. The van der Waals surface area contributed by atoms with Crippen LogP contribution in [0, 0.1) is 52.3 Å². The Labute approximate surface area is 381 Å². The first-order chi connectivity index (χ1) is 30.9. The monoisotopic (exact) mass is 935 g/mol. The van der Waals surface area contributed by atoms with Crippen molar-refractivity contribution in [2.45, 2.75) is 202 Å². The smallest absolute Gasteiger partial charge is 0.187 e. The number of ether oxygens (including phenoxy) is 8. The van der Waals surface area contributed by atoms with Crippen molar-refractivity contribution in [1.29, 1.82) is 0 Å². The van der Waals surface area contributed by atoms with E-state index in [0.717, 1.165) is 44.9 Å². The first kappa shape index (κ1) is 50.6. The Kier molecular flexibility index (Phi) is 15.4. The summed E-state index contributed by atoms with van der Waals surface area (Å²) in [4.78, 5) is 0. The van der Waals surface area contributed by atoms with Crippen LogP contribution in [-0.4, -0.2) is 200 Å². The zero-order valence-electron chi connectivity index (χ0n) is 38.4. The predicted molar refractivity (Wildman–Crippen MR) is 224 cm³/mol. The average molecular weight is 935 g/mol. The van der Waals surface area contributed by atoms with Crippen LogP contribution >= 0.6 is 0 Å². The minimum atomic E-state index is -1.74. The Morgan fingerprint density at radius 2 is 1.22 bits per heavy atom. The highest BCUT2D eigenvalue weighted by Gasteiger charge is 2.69. The molecular weight excluding hydrogens is 856 g/mol. The third kappa shape index (κ3) is 8.90. The van der Waals surface area contributed by atoms with E-state index in [1.165, 1.54) is 0 Å². The second-order valence-electron chi connectivity index (χ2n) is 21.6. The van der Waals surface area contributed by atoms with Gasteiger partial charge in [0.25, 0.3) is 0 Å². The molecule has 8 aliphatic rings. The van der Waals surface area contributed by atoms with E-state index in [0.29, 0.717) is 48.9 Å². The highest BCUT2D eigenvalue weighted by atomic mass is 16.8. The van der Waals surface area contributed by atoms with Gasteiger partial charge in [0.1, 0.15) is 73.2 Å². The maximum absolute atomic E-state index is 11.2. The average Bonchev–Trinajstić information content (AvgIpc) is 3.76. The lowest BCUT2D eigenvalue weighted by Crippen LogP contribution is -2.65. The summed E-state index contributed by atoms with van der Waals surface area (Å²) >= 11 is 0. The van der Waals surface area contributed by atoms with E-state index in [1.54, 1.807) is 7.11 Å². The van der Waals surface area contributed by atoms with Gasteiger partial charge in [0.15, 0.2) is 24.7 Å². The van der Waals surface area contributed by atoms with Crippen molar-refractivity contribution in [3.63, 3.8) is 0 Å². The van der Waals surface area contributed by atoms with E-state index in [4.69, 9.17) is 37.9 Å². The molecule has 5 unspecified atom stereocenters. The van der Waals surface area contributed by atoms with Gasteiger partial charge in [-0.05, 0) is 104 Å². The van der Waals surface area contributed by atoms with E-state index in [9.17, 15) is 56.2 Å². The number of hydrogen-bond donors (Lipinski definition) is 11. The Morgan fingerprint density at radius 1 is 0.631 bits per heavy atom. The van der Waals surface area contributed by atoms with Crippen LogP contribution in [0.15, 0.2) is 0 Å². The lowest BCUT2D eigenvalue weighted by atomic mass is 9.44. The molecule has 0 radical (unpaired) electrons. The third-order valence-corrected chi connectivity index (χ3v) is 18.3. The van der Waals surface area contributed by atoms with Crippen LogP contribution < -0.4 is 0 Å². The quantitative estimate of drug-likeness (QED) is 0.0920. The summed E-state index contributed by atoms with van der Waals surface area (Å²) in [7, 11) is 1.73. The first-order valence-electron chi connectivity index (χ1n) is 24.2. The molecule has 19 nitrogen and oxygen atoms in total. The molecule has 4 heterocycles. The van der Waals surface area contributed by atoms with Gasteiger partial charge >= 0.3 is 0 Å². The van der Waals surface area contributed by atoms with E-state index in [2.05, 4.69) is 20.8 Å². The zero-order valence-corrected chi connectivity index (χ0v) is 38.4. The van der Waals surface area contributed by atoms with Gasteiger partial charge in [-0.15, -0.1) is 0 Å². The molecule has 19 heteroatoms. The van der Waals surface area contributed by atoms with Crippen molar-refractivity contribution < 1.29 is 94.1 Å². The Hall–Kier alpha value is -0.760. The molecule has 11 N–H and O–H groups in total. The van der Waals surface area contributed by atoms with Crippen LogP contribution in [0.2, 0.25) is 0 Å². The minimum Gasteiger partial charge on any atom is -0.394 e. The van der Waals surface area contributed by atoms with Crippen molar-refractivity contribution in [2.75, 3.05) is 33.5 Å². The standard InChI is InChI=1S/C46H78O19/c1-20(19-59-41-38(56)35(53)32(50)28(16-47)61-41)8-13-46(58-5)21(2)31-27(65-46)15-26-24-7-6-22-14-23(9-11-44(22,3)25(24)10-12-45(26,31)4)60-43-40(37(55)34(52)30(18-49)63-43)64-42-39(57)36(54)33(51)29(17-48)62-42/h20-43,47-57H,6-19H2,1-5H3/t20-,21-,22?,23?,24?,25?,26?,27-,28+,29+,30+,31-,32+,33+,34-,35-,36-,37-,38+,39+,40+,41+,42-,43+,44-,45-,46+/m0/s1. The minimum absolute atomic E-state index is 0.0271. The highest BCUT2D eigenvalue weighted by molar-refractivity contribution is 5.15. The summed E-state index contributed by atoms with van der Waals surface area (Å²) in [6.07, 6.45) is -12.7. The molecule has 8 fully saturated rings. The molecule has 65 heavy (non-hydrogen) atoms. The van der Waals surface area contributed by atoms with E-state index in [-0.39, 0.29) is 41.5 Å². The van der Waals surface area contributed by atoms with Crippen molar-refractivity contribution >= 4 is 0 Å². The number of aliphatic hydroxyl groups is 11. The van der Waals surface area contributed by atoms with E-state index < -0.39 is 118 Å². The summed E-state index contributed by atoms with van der Waals surface area (Å²) in [5, 5.41) is 113. The molecule has 0 aromatic rings. The van der Waals surface area contributed by atoms with Gasteiger partial charge in [-0.25, -0.2) is 0 Å². The fourth-order valence-corrected chi connectivity index (χ4v) is 14.5. The molecule has 0 amide bonds. The maximum atomic E-state index is 11.2. The number of aliphatic hydroxyl groups excluding tert-OH is 11. The van der Waals surface area contributed by atoms with Gasteiger partial charge < -0.3 is 94.1 Å². The van der Waals surface area contributed by atoms with Crippen LogP contribution in [0.4, 0.5) is 0 Å². The molecule has 4 saturated heterocycles.